The van der Waals surface area contributed by atoms with E-state index < -0.39 is 5.97 Å². The number of unbranched alkanes of at least 4 members (excludes halogenated alkanes) is 1. The Morgan fingerprint density at radius 1 is 1.56 bits per heavy atom. The van der Waals surface area contributed by atoms with Crippen LogP contribution in [0.25, 0.3) is 0 Å². The first-order chi connectivity index (χ1) is 7.65. The third-order valence-electron chi connectivity index (χ3n) is 2.28. The van der Waals surface area contributed by atoms with Gasteiger partial charge in [-0.05, 0) is 13.3 Å². The molecule has 0 bridgehead atoms. The molecular formula is C11H18N2O3. The van der Waals surface area contributed by atoms with Crippen LogP contribution in [-0.4, -0.2) is 34.1 Å². The average Bonchev–Trinajstić information content (AvgIpc) is 2.59. The van der Waals surface area contributed by atoms with E-state index in [1.165, 1.54) is 0 Å². The number of aromatic nitrogens is 2. The lowest BCUT2D eigenvalue weighted by Crippen LogP contribution is -2.07. The fourth-order valence-corrected chi connectivity index (χ4v) is 1.35. The van der Waals surface area contributed by atoms with Gasteiger partial charge < -0.3 is 9.84 Å². The number of hydrogen-bond donors (Lipinski definition) is 1. The van der Waals surface area contributed by atoms with Crippen molar-refractivity contribution in [3.05, 3.63) is 17.5 Å². The summed E-state index contributed by atoms with van der Waals surface area (Å²) in [7, 11) is 0. The molecule has 0 saturated heterocycles. The first-order valence-electron chi connectivity index (χ1n) is 5.50. The average molecular weight is 226 g/mol. The Morgan fingerprint density at radius 3 is 2.88 bits per heavy atom. The van der Waals surface area contributed by atoms with Crippen LogP contribution >= 0.6 is 0 Å². The Balaban J connectivity index is 2.37. The highest BCUT2D eigenvalue weighted by Crippen LogP contribution is 2.05. The van der Waals surface area contributed by atoms with Gasteiger partial charge in [-0.3, -0.25) is 4.68 Å². The second kappa shape index (κ2) is 6.27. The number of carbonyl (C=O) groups is 1. The van der Waals surface area contributed by atoms with Gasteiger partial charge in [0.1, 0.15) is 5.56 Å². The molecule has 0 aliphatic carbocycles. The van der Waals surface area contributed by atoms with Crippen LogP contribution in [0, 0.1) is 6.92 Å². The fourth-order valence-electron chi connectivity index (χ4n) is 1.35. The molecule has 0 aliphatic heterocycles. The van der Waals surface area contributed by atoms with Crippen molar-refractivity contribution in [3.8, 4) is 0 Å². The van der Waals surface area contributed by atoms with Crippen molar-refractivity contribution in [2.75, 3.05) is 13.2 Å². The molecule has 5 heteroatoms. The van der Waals surface area contributed by atoms with Gasteiger partial charge in [-0.1, -0.05) is 13.3 Å². The van der Waals surface area contributed by atoms with E-state index in [1.54, 1.807) is 17.8 Å². The third kappa shape index (κ3) is 3.66. The van der Waals surface area contributed by atoms with Crippen molar-refractivity contribution in [2.24, 2.45) is 0 Å². The second-order valence-corrected chi connectivity index (χ2v) is 3.66. The molecule has 0 spiro atoms. The summed E-state index contributed by atoms with van der Waals surface area (Å²) in [6.45, 7) is 5.72. The Kier molecular flexibility index (Phi) is 4.98. The maximum absolute atomic E-state index is 10.8. The SMILES string of the molecule is CCCCOCCn1cc(C(=O)O)c(C)n1. The monoisotopic (exact) mass is 226 g/mol. The topological polar surface area (TPSA) is 64.3 Å². The van der Waals surface area contributed by atoms with Crippen LogP contribution in [0.3, 0.4) is 0 Å². The number of hydrogen-bond acceptors (Lipinski definition) is 3. The van der Waals surface area contributed by atoms with Gasteiger partial charge in [0.15, 0.2) is 0 Å². The number of aryl methyl sites for hydroxylation is 1. The summed E-state index contributed by atoms with van der Waals surface area (Å²) in [5.41, 5.74) is 0.801. The molecule has 90 valence electrons. The molecule has 1 N–H and O–H groups in total. The number of nitrogens with zero attached hydrogens (tertiary/aromatic N) is 2. The Morgan fingerprint density at radius 2 is 2.31 bits per heavy atom. The molecule has 1 aromatic rings. The summed E-state index contributed by atoms with van der Waals surface area (Å²) in [6.07, 6.45) is 3.71. The van der Waals surface area contributed by atoms with Gasteiger partial charge >= 0.3 is 5.97 Å². The summed E-state index contributed by atoms with van der Waals surface area (Å²) in [5.74, 6) is -0.935. The van der Waals surface area contributed by atoms with Crippen LogP contribution in [0.15, 0.2) is 6.20 Å². The zero-order chi connectivity index (χ0) is 12.0. The minimum absolute atomic E-state index is 0.258. The molecule has 0 saturated carbocycles. The van der Waals surface area contributed by atoms with E-state index in [9.17, 15) is 4.79 Å². The van der Waals surface area contributed by atoms with Crippen LogP contribution < -0.4 is 0 Å². The molecule has 1 aromatic heterocycles. The van der Waals surface area contributed by atoms with Crippen LogP contribution in [0.5, 0.6) is 0 Å². The molecule has 0 aliphatic rings. The first-order valence-corrected chi connectivity index (χ1v) is 5.50. The third-order valence-corrected chi connectivity index (χ3v) is 2.28. The van der Waals surface area contributed by atoms with E-state index in [4.69, 9.17) is 9.84 Å². The van der Waals surface area contributed by atoms with E-state index in [0.29, 0.717) is 18.8 Å². The highest BCUT2D eigenvalue weighted by molar-refractivity contribution is 5.88. The lowest BCUT2D eigenvalue weighted by Gasteiger charge is -2.02. The van der Waals surface area contributed by atoms with E-state index in [-0.39, 0.29) is 5.56 Å². The van der Waals surface area contributed by atoms with Gasteiger partial charge in [-0.15, -0.1) is 0 Å². The summed E-state index contributed by atoms with van der Waals surface area (Å²) in [4.78, 5) is 10.8. The second-order valence-electron chi connectivity index (χ2n) is 3.66. The number of rotatable bonds is 7. The molecule has 0 aromatic carbocycles. The van der Waals surface area contributed by atoms with Crippen molar-refractivity contribution in [1.29, 1.82) is 0 Å². The highest BCUT2D eigenvalue weighted by atomic mass is 16.5. The van der Waals surface area contributed by atoms with Crippen molar-refractivity contribution in [2.45, 2.75) is 33.2 Å². The molecule has 0 radical (unpaired) electrons. The largest absolute Gasteiger partial charge is 0.478 e. The van der Waals surface area contributed by atoms with Crippen LogP contribution in [0.2, 0.25) is 0 Å². The van der Waals surface area contributed by atoms with Crippen LogP contribution in [-0.2, 0) is 11.3 Å². The zero-order valence-electron chi connectivity index (χ0n) is 9.77. The molecule has 1 rings (SSSR count). The quantitative estimate of drug-likeness (QED) is 0.719. The van der Waals surface area contributed by atoms with Gasteiger partial charge in [0.25, 0.3) is 0 Å². The van der Waals surface area contributed by atoms with E-state index in [1.807, 2.05) is 0 Å². The summed E-state index contributed by atoms with van der Waals surface area (Å²) < 4.78 is 7.00. The Hall–Kier alpha value is -1.36. The van der Waals surface area contributed by atoms with Crippen LogP contribution in [0.1, 0.15) is 35.8 Å². The maximum atomic E-state index is 10.8. The van der Waals surface area contributed by atoms with E-state index >= 15 is 0 Å². The van der Waals surface area contributed by atoms with Crippen molar-refractivity contribution >= 4 is 5.97 Å². The summed E-state index contributed by atoms with van der Waals surface area (Å²) >= 11 is 0. The standard InChI is InChI=1S/C11H18N2O3/c1-3-4-6-16-7-5-13-8-10(11(14)15)9(2)12-13/h8H,3-7H2,1-2H3,(H,14,15). The lowest BCUT2D eigenvalue weighted by molar-refractivity contribution is 0.0695. The van der Waals surface area contributed by atoms with E-state index in [2.05, 4.69) is 12.0 Å². The van der Waals surface area contributed by atoms with Crippen molar-refractivity contribution < 1.29 is 14.6 Å². The van der Waals surface area contributed by atoms with Crippen molar-refractivity contribution in [1.82, 2.24) is 9.78 Å². The minimum Gasteiger partial charge on any atom is -0.478 e. The number of carboxylic acid groups (broad SMARTS) is 1. The lowest BCUT2D eigenvalue weighted by atomic mass is 10.3. The Labute approximate surface area is 95.0 Å². The van der Waals surface area contributed by atoms with E-state index in [0.717, 1.165) is 19.4 Å². The van der Waals surface area contributed by atoms with Gasteiger partial charge in [0.05, 0.1) is 18.8 Å². The molecule has 0 unspecified atom stereocenters. The predicted molar refractivity (Wildman–Crippen MR) is 59.7 cm³/mol. The molecule has 0 amide bonds. The van der Waals surface area contributed by atoms with Crippen molar-refractivity contribution in [3.63, 3.8) is 0 Å². The molecule has 5 nitrogen and oxygen atoms in total. The molecule has 16 heavy (non-hydrogen) atoms. The smallest absolute Gasteiger partial charge is 0.339 e. The maximum Gasteiger partial charge on any atom is 0.339 e. The predicted octanol–water partition coefficient (Wildman–Crippen LogP) is 1.71. The van der Waals surface area contributed by atoms with Gasteiger partial charge in [-0.2, -0.15) is 5.10 Å². The number of carboxylic acids is 1. The van der Waals surface area contributed by atoms with Crippen LogP contribution in [0.4, 0.5) is 0 Å². The molecule has 0 atom stereocenters. The van der Waals surface area contributed by atoms with Gasteiger partial charge in [-0.25, -0.2) is 4.79 Å². The number of aromatic carboxylic acids is 1. The zero-order valence-corrected chi connectivity index (χ0v) is 9.77. The summed E-state index contributed by atoms with van der Waals surface area (Å²) in [6, 6.07) is 0. The fraction of sp³-hybridized carbons (Fsp3) is 0.636. The Bertz CT molecular complexity index is 347. The first kappa shape index (κ1) is 12.7. The highest BCUT2D eigenvalue weighted by Gasteiger charge is 2.11. The van der Waals surface area contributed by atoms with Gasteiger partial charge in [0.2, 0.25) is 0 Å². The van der Waals surface area contributed by atoms with Gasteiger partial charge in [0, 0.05) is 12.8 Å². The summed E-state index contributed by atoms with van der Waals surface area (Å²) in [5, 5.41) is 12.9. The number of ether oxygens (including phenoxy) is 1. The molecule has 1 heterocycles. The normalized spacial score (nSPS) is 10.6. The molecular weight excluding hydrogens is 208 g/mol. The molecule has 0 fully saturated rings. The minimum atomic E-state index is -0.935.